The summed E-state index contributed by atoms with van der Waals surface area (Å²) in [5.74, 6) is 0. The van der Waals surface area contributed by atoms with E-state index in [1.54, 1.807) is 0 Å². The van der Waals surface area contributed by atoms with E-state index >= 15 is 0 Å². The predicted molar refractivity (Wildman–Crippen MR) is 116 cm³/mol. The van der Waals surface area contributed by atoms with Crippen LogP contribution in [0.25, 0.3) is 33.4 Å². The molecule has 0 unspecified atom stereocenters. The Balaban J connectivity index is 1.97. The van der Waals surface area contributed by atoms with Gasteiger partial charge >= 0.3 is 0 Å². The van der Waals surface area contributed by atoms with Gasteiger partial charge < -0.3 is 0 Å². The minimum Gasteiger partial charge on any atom is -0.135 e. The van der Waals surface area contributed by atoms with Crippen molar-refractivity contribution in [3.05, 3.63) is 106 Å². The van der Waals surface area contributed by atoms with Gasteiger partial charge in [0.15, 0.2) is 0 Å². The quantitative estimate of drug-likeness (QED) is 0.445. The van der Waals surface area contributed by atoms with Crippen molar-refractivity contribution in [1.29, 1.82) is 0 Å². The van der Waals surface area contributed by atoms with Gasteiger partial charge in [0.2, 0.25) is 0 Å². The first-order valence-electron chi connectivity index (χ1n) is 8.68. The van der Waals surface area contributed by atoms with E-state index in [1.165, 1.54) is 31.7 Å². The van der Waals surface area contributed by atoms with E-state index in [0.29, 0.717) is 0 Å². The van der Waals surface area contributed by atoms with Crippen LogP contribution in [0.4, 0.5) is 0 Å². The van der Waals surface area contributed by atoms with Crippen LogP contribution in [-0.4, -0.2) is 0 Å². The van der Waals surface area contributed by atoms with E-state index in [-0.39, 0.29) is 0 Å². The fourth-order valence-electron chi connectivity index (χ4n) is 3.43. The van der Waals surface area contributed by atoms with Crippen molar-refractivity contribution in [2.45, 2.75) is 6.92 Å². The van der Waals surface area contributed by atoms with Crippen molar-refractivity contribution in [3.8, 4) is 10.4 Å². The van der Waals surface area contributed by atoms with Gasteiger partial charge in [-0.3, -0.25) is 0 Å². The monoisotopic (exact) mass is 352 g/mol. The first-order chi connectivity index (χ1) is 12.7. The molecule has 0 N–H and O–H groups in total. The summed E-state index contributed by atoms with van der Waals surface area (Å²) in [5.41, 5.74) is 3.72. The predicted octanol–water partition coefficient (Wildman–Crippen LogP) is 5.67. The molecule has 0 saturated heterocycles. The molecule has 1 heterocycles. The molecule has 0 amide bonds. The van der Waals surface area contributed by atoms with E-state index in [0.717, 1.165) is 16.0 Å². The van der Waals surface area contributed by atoms with Gasteiger partial charge in [0, 0.05) is 9.75 Å². The summed E-state index contributed by atoms with van der Waals surface area (Å²) in [6.07, 6.45) is 1.95. The van der Waals surface area contributed by atoms with E-state index in [1.807, 2.05) is 29.5 Å². The van der Waals surface area contributed by atoms with Gasteiger partial charge in [0.25, 0.3) is 0 Å². The summed E-state index contributed by atoms with van der Waals surface area (Å²) in [4.78, 5) is 2.55. The molecule has 4 rings (SSSR count). The Morgan fingerprint density at radius 2 is 1.65 bits per heavy atom. The highest BCUT2D eigenvalue weighted by Gasteiger charge is 2.12. The van der Waals surface area contributed by atoms with Crippen LogP contribution in [0.15, 0.2) is 85.5 Å². The molecule has 0 aliphatic carbocycles. The number of benzene rings is 3. The Morgan fingerprint density at radius 1 is 0.923 bits per heavy atom. The van der Waals surface area contributed by atoms with Crippen molar-refractivity contribution < 1.29 is 0 Å². The van der Waals surface area contributed by atoms with Gasteiger partial charge in [0.05, 0.1) is 0 Å². The third kappa shape index (κ3) is 2.81. The van der Waals surface area contributed by atoms with Crippen LogP contribution in [0, 0.1) is 6.92 Å². The van der Waals surface area contributed by atoms with Crippen molar-refractivity contribution >= 4 is 34.3 Å². The van der Waals surface area contributed by atoms with Crippen molar-refractivity contribution in [3.63, 3.8) is 0 Å². The second-order valence-corrected chi connectivity index (χ2v) is 7.48. The summed E-state index contributed by atoms with van der Waals surface area (Å²) >= 11 is 1.83. The van der Waals surface area contributed by atoms with Crippen LogP contribution < -0.4 is 10.4 Å². The van der Waals surface area contributed by atoms with Crippen LogP contribution in [-0.2, 0) is 0 Å². The normalized spacial score (nSPS) is 12.2. The lowest BCUT2D eigenvalue weighted by Gasteiger charge is -2.04. The molecule has 3 aromatic carbocycles. The zero-order valence-corrected chi connectivity index (χ0v) is 15.6. The molecule has 0 spiro atoms. The molecule has 0 saturated carbocycles. The zero-order chi connectivity index (χ0) is 18.1. The minimum atomic E-state index is 1.03. The number of allylic oxidation sites excluding steroid dienone is 1. The lowest BCUT2D eigenvalue weighted by Crippen LogP contribution is -2.24. The van der Waals surface area contributed by atoms with E-state index < -0.39 is 0 Å². The van der Waals surface area contributed by atoms with E-state index in [2.05, 4.69) is 80.7 Å². The third-order valence-electron chi connectivity index (χ3n) is 4.73. The SMILES string of the molecule is C=C/C(c1sc(-c2cccc3ccccc23)cc1C)=c1/ccccc1=C. The molecule has 1 heteroatoms. The van der Waals surface area contributed by atoms with E-state index in [4.69, 9.17) is 0 Å². The third-order valence-corrected chi connectivity index (χ3v) is 6.03. The summed E-state index contributed by atoms with van der Waals surface area (Å²) in [6.45, 7) is 10.4. The highest BCUT2D eigenvalue weighted by molar-refractivity contribution is 7.16. The molecule has 0 aliphatic rings. The zero-order valence-electron chi connectivity index (χ0n) is 14.8. The van der Waals surface area contributed by atoms with Crippen LogP contribution in [0.3, 0.4) is 0 Å². The van der Waals surface area contributed by atoms with Gasteiger partial charge in [-0.15, -0.1) is 11.3 Å². The smallest absolute Gasteiger partial charge is 0.0384 e. The van der Waals surface area contributed by atoms with Crippen molar-refractivity contribution in [2.75, 3.05) is 0 Å². The number of hydrogen-bond acceptors (Lipinski definition) is 1. The Labute approximate surface area is 158 Å². The van der Waals surface area contributed by atoms with E-state index in [9.17, 15) is 0 Å². The first-order valence-corrected chi connectivity index (χ1v) is 9.50. The number of thiophene rings is 1. The average Bonchev–Trinajstić information content (AvgIpc) is 3.05. The van der Waals surface area contributed by atoms with Crippen LogP contribution in [0.5, 0.6) is 0 Å². The Hall–Kier alpha value is -2.90. The molecule has 0 atom stereocenters. The molecule has 0 fully saturated rings. The average molecular weight is 353 g/mol. The molecule has 0 nitrogen and oxygen atoms in total. The van der Waals surface area contributed by atoms with Gasteiger partial charge in [-0.1, -0.05) is 86.0 Å². The largest absolute Gasteiger partial charge is 0.135 e. The fourth-order valence-corrected chi connectivity index (χ4v) is 4.70. The highest BCUT2D eigenvalue weighted by Crippen LogP contribution is 2.37. The molecule has 0 bridgehead atoms. The van der Waals surface area contributed by atoms with Crippen molar-refractivity contribution in [2.24, 2.45) is 0 Å². The van der Waals surface area contributed by atoms with Gasteiger partial charge in [-0.05, 0) is 50.9 Å². The van der Waals surface area contributed by atoms with Crippen LogP contribution in [0.1, 0.15) is 10.4 Å². The molecule has 126 valence electrons. The maximum atomic E-state index is 4.19. The summed E-state index contributed by atoms with van der Waals surface area (Å²) in [5, 5.41) is 4.74. The maximum Gasteiger partial charge on any atom is 0.0384 e. The second kappa shape index (κ2) is 6.78. The molecule has 26 heavy (non-hydrogen) atoms. The highest BCUT2D eigenvalue weighted by atomic mass is 32.1. The minimum absolute atomic E-state index is 1.03. The molecule has 0 radical (unpaired) electrons. The summed E-state index contributed by atoms with van der Waals surface area (Å²) in [6, 6.07) is 25.6. The molecular weight excluding hydrogens is 332 g/mol. The van der Waals surface area contributed by atoms with Gasteiger partial charge in [0.1, 0.15) is 0 Å². The maximum absolute atomic E-state index is 4.19. The van der Waals surface area contributed by atoms with Crippen LogP contribution in [0.2, 0.25) is 0 Å². The molecule has 1 aromatic heterocycles. The lowest BCUT2D eigenvalue weighted by atomic mass is 10.0. The molecular formula is C25H20S. The van der Waals surface area contributed by atoms with Gasteiger partial charge in [-0.2, -0.15) is 0 Å². The Bertz CT molecular complexity index is 1220. The number of rotatable bonds is 3. The second-order valence-electron chi connectivity index (χ2n) is 6.42. The molecule has 4 aromatic rings. The van der Waals surface area contributed by atoms with Crippen molar-refractivity contribution in [1.82, 2.24) is 0 Å². The Kier molecular flexibility index (Phi) is 4.32. The first kappa shape index (κ1) is 16.6. The number of hydrogen-bond donors (Lipinski definition) is 0. The fraction of sp³-hybridized carbons (Fsp3) is 0.0400. The van der Waals surface area contributed by atoms with Crippen LogP contribution >= 0.6 is 11.3 Å². The Morgan fingerprint density at radius 3 is 2.46 bits per heavy atom. The number of aryl methyl sites for hydroxylation is 1. The summed E-state index contributed by atoms with van der Waals surface area (Å²) in [7, 11) is 0. The number of fused-ring (bicyclic) bond motifs is 1. The topological polar surface area (TPSA) is 0 Å². The molecule has 0 aliphatic heterocycles. The standard InChI is InChI=1S/C25H20S/c1-4-20(21-13-7-5-10-17(21)2)25-18(3)16-24(26-25)23-15-9-12-19-11-6-8-14-22(19)23/h4-16H,1-2H2,3H3/b21-20+. The van der Waals surface area contributed by atoms with Gasteiger partial charge in [-0.25, -0.2) is 0 Å². The lowest BCUT2D eigenvalue weighted by molar-refractivity contribution is 1.47. The summed E-state index contributed by atoms with van der Waals surface area (Å²) < 4.78 is 0.